The normalized spacial score (nSPS) is 20.5. The molecule has 0 amide bonds. The molecule has 5 nitrogen and oxygen atoms in total. The maximum absolute atomic E-state index is 13.2. The van der Waals surface area contributed by atoms with Gasteiger partial charge in [0.15, 0.2) is 11.5 Å². The predicted molar refractivity (Wildman–Crippen MR) is 106 cm³/mol. The Balaban J connectivity index is 0.000000516. The molecule has 2 heterocycles. The van der Waals surface area contributed by atoms with Crippen LogP contribution in [0, 0.1) is 11.7 Å². The minimum absolute atomic E-state index is 0.167. The first-order valence-corrected chi connectivity index (χ1v) is 9.69. The molecule has 0 bridgehead atoms. The molecule has 152 valence electrons. The highest BCUT2D eigenvalue weighted by Crippen LogP contribution is 2.36. The summed E-state index contributed by atoms with van der Waals surface area (Å²) >= 11 is 0. The summed E-state index contributed by atoms with van der Waals surface area (Å²) in [6.45, 7) is 6.18. The van der Waals surface area contributed by atoms with E-state index in [4.69, 9.17) is 19.3 Å². The second-order valence-corrected chi connectivity index (χ2v) is 7.33. The van der Waals surface area contributed by atoms with Gasteiger partial charge < -0.3 is 24.6 Å². The van der Waals surface area contributed by atoms with Gasteiger partial charge in [-0.1, -0.05) is 12.1 Å². The Morgan fingerprint density at radius 2 is 1.86 bits per heavy atom. The van der Waals surface area contributed by atoms with Crippen molar-refractivity contribution in [1.29, 1.82) is 0 Å². The van der Waals surface area contributed by atoms with Crippen LogP contribution in [0.25, 0.3) is 0 Å². The molecule has 4 rings (SSSR count). The highest BCUT2D eigenvalue weighted by molar-refractivity contribution is 5.46. The number of piperidine rings is 1. The van der Waals surface area contributed by atoms with Gasteiger partial charge in [-0.15, -0.1) is 0 Å². The van der Waals surface area contributed by atoms with E-state index in [9.17, 15) is 4.39 Å². The van der Waals surface area contributed by atoms with Gasteiger partial charge in [0.25, 0.3) is 0 Å². The molecule has 0 radical (unpaired) electrons. The number of nitrogens with one attached hydrogen (secondary N) is 1. The summed E-state index contributed by atoms with van der Waals surface area (Å²) in [6.07, 6.45) is 0.862. The monoisotopic (exact) mass is 389 g/mol. The topological polar surface area (TPSA) is 60.0 Å². The van der Waals surface area contributed by atoms with Crippen LogP contribution in [0.2, 0.25) is 0 Å². The number of benzene rings is 2. The third-order valence-corrected chi connectivity index (χ3v) is 4.71. The van der Waals surface area contributed by atoms with Crippen LogP contribution in [0.4, 0.5) is 4.39 Å². The zero-order valence-electron chi connectivity index (χ0n) is 16.4. The SMILES string of the molecule is CC(C)O.Fc1ccc([C@@H]2CCNC[C@H]2COc2ccc3c(c2)OCO3)cc1. The largest absolute Gasteiger partial charge is 0.493 e. The molecular weight excluding hydrogens is 361 g/mol. The quantitative estimate of drug-likeness (QED) is 0.835. The van der Waals surface area contributed by atoms with E-state index < -0.39 is 0 Å². The van der Waals surface area contributed by atoms with Crippen molar-refractivity contribution >= 4 is 0 Å². The number of hydrogen-bond acceptors (Lipinski definition) is 5. The lowest BCUT2D eigenvalue weighted by atomic mass is 9.81. The Morgan fingerprint density at radius 3 is 2.61 bits per heavy atom. The molecule has 0 unspecified atom stereocenters. The van der Waals surface area contributed by atoms with Crippen LogP contribution in [-0.2, 0) is 0 Å². The van der Waals surface area contributed by atoms with Gasteiger partial charge in [0.2, 0.25) is 6.79 Å². The van der Waals surface area contributed by atoms with E-state index in [-0.39, 0.29) is 18.7 Å². The lowest BCUT2D eigenvalue weighted by Crippen LogP contribution is -2.38. The molecule has 1 fully saturated rings. The van der Waals surface area contributed by atoms with E-state index in [2.05, 4.69) is 5.32 Å². The van der Waals surface area contributed by atoms with Crippen molar-refractivity contribution < 1.29 is 23.7 Å². The minimum atomic E-state index is -0.194. The molecule has 2 aliphatic heterocycles. The van der Waals surface area contributed by atoms with Crippen molar-refractivity contribution in [2.45, 2.75) is 32.3 Å². The fourth-order valence-electron chi connectivity index (χ4n) is 3.42. The summed E-state index contributed by atoms with van der Waals surface area (Å²) in [7, 11) is 0. The van der Waals surface area contributed by atoms with E-state index in [0.29, 0.717) is 18.4 Å². The third-order valence-electron chi connectivity index (χ3n) is 4.71. The van der Waals surface area contributed by atoms with E-state index in [1.807, 2.05) is 30.3 Å². The van der Waals surface area contributed by atoms with E-state index in [1.54, 1.807) is 13.8 Å². The molecule has 2 aromatic carbocycles. The van der Waals surface area contributed by atoms with E-state index >= 15 is 0 Å². The highest BCUT2D eigenvalue weighted by Gasteiger charge is 2.27. The van der Waals surface area contributed by atoms with Gasteiger partial charge in [-0.05, 0) is 62.6 Å². The summed E-state index contributed by atoms with van der Waals surface area (Å²) in [5, 5.41) is 11.5. The zero-order chi connectivity index (χ0) is 19.9. The van der Waals surface area contributed by atoms with Gasteiger partial charge in [0.1, 0.15) is 11.6 Å². The maximum Gasteiger partial charge on any atom is 0.231 e. The highest BCUT2D eigenvalue weighted by atomic mass is 19.1. The third kappa shape index (κ3) is 5.59. The second-order valence-electron chi connectivity index (χ2n) is 7.33. The summed E-state index contributed by atoms with van der Waals surface area (Å²) in [4.78, 5) is 0. The summed E-state index contributed by atoms with van der Waals surface area (Å²) in [5.74, 6) is 2.79. The van der Waals surface area contributed by atoms with E-state index in [1.165, 1.54) is 17.7 Å². The van der Waals surface area contributed by atoms with Gasteiger partial charge in [-0.3, -0.25) is 0 Å². The average Bonchev–Trinajstić information content (AvgIpc) is 3.15. The molecular formula is C22H28FNO4. The molecule has 2 N–H and O–H groups in total. The van der Waals surface area contributed by atoms with Crippen molar-refractivity contribution in [3.63, 3.8) is 0 Å². The Hall–Kier alpha value is -2.31. The number of hydrogen-bond donors (Lipinski definition) is 2. The summed E-state index contributed by atoms with van der Waals surface area (Å²) in [6, 6.07) is 12.5. The number of halogens is 1. The van der Waals surface area contributed by atoms with Crippen molar-refractivity contribution in [3.05, 3.63) is 53.8 Å². The molecule has 2 atom stereocenters. The Labute approximate surface area is 165 Å². The molecule has 6 heteroatoms. The fraction of sp³-hybridized carbons (Fsp3) is 0.455. The molecule has 0 saturated carbocycles. The first kappa shape index (κ1) is 20.4. The van der Waals surface area contributed by atoms with Crippen molar-refractivity contribution in [2.75, 3.05) is 26.5 Å². The zero-order valence-corrected chi connectivity index (χ0v) is 16.4. The Bertz CT molecular complexity index is 748. The average molecular weight is 389 g/mol. The molecule has 2 aromatic rings. The molecule has 0 aliphatic carbocycles. The van der Waals surface area contributed by atoms with Crippen LogP contribution < -0.4 is 19.5 Å². The summed E-state index contributed by atoms with van der Waals surface area (Å²) < 4.78 is 29.9. The van der Waals surface area contributed by atoms with Crippen molar-refractivity contribution in [3.8, 4) is 17.2 Å². The number of rotatable bonds is 4. The smallest absolute Gasteiger partial charge is 0.231 e. The van der Waals surface area contributed by atoms with Gasteiger partial charge in [0, 0.05) is 24.6 Å². The van der Waals surface area contributed by atoms with Gasteiger partial charge in [-0.25, -0.2) is 4.39 Å². The number of fused-ring (bicyclic) bond motifs is 1. The molecule has 0 aromatic heterocycles. The minimum Gasteiger partial charge on any atom is -0.493 e. The molecule has 28 heavy (non-hydrogen) atoms. The standard InChI is InChI=1S/C19H20FNO3.C3H8O/c20-15-3-1-13(2-4-15)17-7-8-21-10-14(17)11-22-16-5-6-18-19(9-16)24-12-23-18;1-3(2)4/h1-6,9,14,17,21H,7-8,10-12H2;3-4H,1-2H3/t14-,17-;/m0./s1. The van der Waals surface area contributed by atoms with Gasteiger partial charge in [0.05, 0.1) is 6.61 Å². The second kappa shape index (κ2) is 9.75. The van der Waals surface area contributed by atoms with Crippen LogP contribution in [0.5, 0.6) is 17.2 Å². The molecule has 2 aliphatic rings. The number of aliphatic hydroxyl groups excluding tert-OH is 1. The fourth-order valence-corrected chi connectivity index (χ4v) is 3.42. The van der Waals surface area contributed by atoms with Gasteiger partial charge in [-0.2, -0.15) is 0 Å². The van der Waals surface area contributed by atoms with Crippen LogP contribution in [0.15, 0.2) is 42.5 Å². The number of aliphatic hydroxyl groups is 1. The molecule has 1 saturated heterocycles. The van der Waals surface area contributed by atoms with Crippen molar-refractivity contribution in [2.24, 2.45) is 5.92 Å². The van der Waals surface area contributed by atoms with Crippen LogP contribution in [-0.4, -0.2) is 37.7 Å². The predicted octanol–water partition coefficient (Wildman–Crippen LogP) is 3.71. The first-order chi connectivity index (χ1) is 13.5. The van der Waals surface area contributed by atoms with Crippen LogP contribution in [0.1, 0.15) is 31.7 Å². The van der Waals surface area contributed by atoms with Crippen molar-refractivity contribution in [1.82, 2.24) is 5.32 Å². The Kier molecular flexibility index (Phi) is 7.12. The van der Waals surface area contributed by atoms with Crippen LogP contribution in [0.3, 0.4) is 0 Å². The summed E-state index contributed by atoms with van der Waals surface area (Å²) in [5.41, 5.74) is 1.18. The molecule has 0 spiro atoms. The van der Waals surface area contributed by atoms with E-state index in [0.717, 1.165) is 36.8 Å². The van der Waals surface area contributed by atoms with Crippen LogP contribution >= 0.6 is 0 Å². The first-order valence-electron chi connectivity index (χ1n) is 9.69. The lowest BCUT2D eigenvalue weighted by molar-refractivity contribution is 0.173. The maximum atomic E-state index is 13.2. The lowest BCUT2D eigenvalue weighted by Gasteiger charge is -2.32. The number of ether oxygens (including phenoxy) is 3. The van der Waals surface area contributed by atoms with Gasteiger partial charge >= 0.3 is 0 Å². The Morgan fingerprint density at radius 1 is 1.14 bits per heavy atom.